The fourth-order valence-electron chi connectivity index (χ4n) is 1.33. The van der Waals surface area contributed by atoms with Crippen LogP contribution in [0.5, 0.6) is 0 Å². The van der Waals surface area contributed by atoms with Crippen molar-refractivity contribution < 1.29 is 19.4 Å². The van der Waals surface area contributed by atoms with Gasteiger partial charge in [-0.25, -0.2) is 9.59 Å². The highest BCUT2D eigenvalue weighted by Gasteiger charge is 2.23. The summed E-state index contributed by atoms with van der Waals surface area (Å²) in [5.41, 5.74) is 5.82. The van der Waals surface area contributed by atoms with Gasteiger partial charge in [-0.1, -0.05) is 12.1 Å². The van der Waals surface area contributed by atoms with E-state index >= 15 is 0 Å². The average Bonchev–Trinajstić information content (AvgIpc) is 2.26. The number of nitrogens with two attached hydrogens (primary N) is 1. The lowest BCUT2D eigenvalue weighted by molar-refractivity contribution is -0.156. The van der Waals surface area contributed by atoms with Crippen LogP contribution in [0.2, 0.25) is 0 Å². The Morgan fingerprint density at radius 3 is 2.11 bits per heavy atom. The van der Waals surface area contributed by atoms with Crippen molar-refractivity contribution in [3.63, 3.8) is 0 Å². The first-order valence-corrected chi connectivity index (χ1v) is 5.52. The van der Waals surface area contributed by atoms with E-state index < -0.39 is 23.6 Å². The summed E-state index contributed by atoms with van der Waals surface area (Å²) in [6.07, 6.45) is 0. The smallest absolute Gasteiger partial charge is 0.335 e. The van der Waals surface area contributed by atoms with E-state index in [2.05, 4.69) is 0 Å². The second kappa shape index (κ2) is 5.18. The minimum atomic E-state index is -1.02. The van der Waals surface area contributed by atoms with Crippen LogP contribution in [0.25, 0.3) is 0 Å². The molecule has 1 aromatic carbocycles. The van der Waals surface area contributed by atoms with Crippen molar-refractivity contribution in [1.29, 1.82) is 0 Å². The molecular formula is C13H17NO4. The summed E-state index contributed by atoms with van der Waals surface area (Å²) in [6, 6.07) is 4.92. The van der Waals surface area contributed by atoms with E-state index in [1.165, 1.54) is 24.3 Å². The second-order valence-electron chi connectivity index (χ2n) is 4.94. The standard InChI is InChI=1S/C13H17NO4/c1-13(2,3)18-12(17)10(14)8-4-6-9(7-5-8)11(15)16/h4-7,10H,14H2,1-3H3,(H,15,16)/t10-/m0/s1. The number of esters is 1. The predicted molar refractivity (Wildman–Crippen MR) is 66.2 cm³/mol. The molecule has 0 amide bonds. The molecule has 3 N–H and O–H groups in total. The fourth-order valence-corrected chi connectivity index (χ4v) is 1.33. The topological polar surface area (TPSA) is 89.6 Å². The quantitative estimate of drug-likeness (QED) is 0.798. The largest absolute Gasteiger partial charge is 0.478 e. The highest BCUT2D eigenvalue weighted by atomic mass is 16.6. The zero-order chi connectivity index (χ0) is 13.9. The molecule has 0 spiro atoms. The molecule has 1 rings (SSSR count). The summed E-state index contributed by atoms with van der Waals surface area (Å²) in [6.45, 7) is 5.27. The van der Waals surface area contributed by atoms with Crippen molar-refractivity contribution in [2.75, 3.05) is 0 Å². The third-order valence-corrected chi connectivity index (χ3v) is 2.18. The van der Waals surface area contributed by atoms with Crippen LogP contribution >= 0.6 is 0 Å². The maximum atomic E-state index is 11.7. The number of carbonyl (C=O) groups is 2. The third-order valence-electron chi connectivity index (χ3n) is 2.18. The lowest BCUT2D eigenvalue weighted by Crippen LogP contribution is -2.31. The van der Waals surface area contributed by atoms with E-state index in [9.17, 15) is 9.59 Å². The second-order valence-corrected chi connectivity index (χ2v) is 4.94. The number of carboxylic acid groups (broad SMARTS) is 1. The van der Waals surface area contributed by atoms with Gasteiger partial charge in [0, 0.05) is 0 Å². The van der Waals surface area contributed by atoms with Crippen LogP contribution in [0.4, 0.5) is 0 Å². The number of ether oxygens (including phenoxy) is 1. The average molecular weight is 251 g/mol. The number of carbonyl (C=O) groups excluding carboxylic acids is 1. The van der Waals surface area contributed by atoms with Crippen molar-refractivity contribution >= 4 is 11.9 Å². The van der Waals surface area contributed by atoms with Gasteiger partial charge in [0.1, 0.15) is 11.6 Å². The maximum absolute atomic E-state index is 11.7. The van der Waals surface area contributed by atoms with Gasteiger partial charge in [0.25, 0.3) is 0 Å². The van der Waals surface area contributed by atoms with Crippen molar-refractivity contribution in [2.45, 2.75) is 32.4 Å². The van der Waals surface area contributed by atoms with E-state index in [1.54, 1.807) is 20.8 Å². The molecule has 0 saturated carbocycles. The molecule has 0 aliphatic carbocycles. The van der Waals surface area contributed by atoms with Crippen molar-refractivity contribution in [3.05, 3.63) is 35.4 Å². The normalized spacial score (nSPS) is 12.9. The van der Waals surface area contributed by atoms with Gasteiger partial charge in [-0.05, 0) is 38.5 Å². The minimum absolute atomic E-state index is 0.148. The molecule has 0 bridgehead atoms. The third kappa shape index (κ3) is 3.85. The molecule has 18 heavy (non-hydrogen) atoms. The van der Waals surface area contributed by atoms with Crippen LogP contribution in [-0.4, -0.2) is 22.6 Å². The number of benzene rings is 1. The Balaban J connectivity index is 2.81. The summed E-state index contributed by atoms with van der Waals surface area (Å²) in [4.78, 5) is 22.4. The lowest BCUT2D eigenvalue weighted by Gasteiger charge is -2.22. The van der Waals surface area contributed by atoms with Crippen LogP contribution in [0.3, 0.4) is 0 Å². The minimum Gasteiger partial charge on any atom is -0.478 e. The highest BCUT2D eigenvalue weighted by molar-refractivity contribution is 5.87. The van der Waals surface area contributed by atoms with E-state index in [0.717, 1.165) is 0 Å². The first-order chi connectivity index (χ1) is 8.20. The number of hydrogen-bond acceptors (Lipinski definition) is 4. The van der Waals surface area contributed by atoms with Crippen molar-refractivity contribution in [1.82, 2.24) is 0 Å². The fraction of sp³-hybridized carbons (Fsp3) is 0.385. The summed E-state index contributed by atoms with van der Waals surface area (Å²) in [5.74, 6) is -1.56. The Kier molecular flexibility index (Phi) is 4.08. The summed E-state index contributed by atoms with van der Waals surface area (Å²) < 4.78 is 5.15. The van der Waals surface area contributed by atoms with Crippen LogP contribution in [0, 0.1) is 0 Å². The van der Waals surface area contributed by atoms with E-state index in [1.807, 2.05) is 0 Å². The Hall–Kier alpha value is -1.88. The van der Waals surface area contributed by atoms with Crippen molar-refractivity contribution in [2.24, 2.45) is 5.73 Å². The molecule has 0 aliphatic rings. The van der Waals surface area contributed by atoms with Gasteiger partial charge < -0.3 is 15.6 Å². The Morgan fingerprint density at radius 2 is 1.72 bits per heavy atom. The monoisotopic (exact) mass is 251 g/mol. The SMILES string of the molecule is CC(C)(C)OC(=O)[C@@H](N)c1ccc(C(=O)O)cc1. The van der Waals surface area contributed by atoms with Gasteiger partial charge in [-0.3, -0.25) is 0 Å². The molecule has 5 heteroatoms. The Bertz CT molecular complexity index is 445. The molecule has 0 saturated heterocycles. The summed E-state index contributed by atoms with van der Waals surface area (Å²) in [5, 5.41) is 8.75. The summed E-state index contributed by atoms with van der Waals surface area (Å²) >= 11 is 0. The van der Waals surface area contributed by atoms with Gasteiger partial charge in [-0.15, -0.1) is 0 Å². The molecule has 0 unspecified atom stereocenters. The number of hydrogen-bond donors (Lipinski definition) is 2. The van der Waals surface area contributed by atoms with Gasteiger partial charge in [0.2, 0.25) is 0 Å². The Labute approximate surface area is 106 Å². The molecule has 0 fully saturated rings. The molecule has 0 aliphatic heterocycles. The molecule has 1 atom stereocenters. The van der Waals surface area contributed by atoms with Crippen LogP contribution in [0.1, 0.15) is 42.7 Å². The van der Waals surface area contributed by atoms with E-state index in [0.29, 0.717) is 5.56 Å². The molecule has 98 valence electrons. The first-order valence-electron chi connectivity index (χ1n) is 5.52. The maximum Gasteiger partial charge on any atom is 0.335 e. The molecule has 5 nitrogen and oxygen atoms in total. The molecule has 1 aromatic rings. The van der Waals surface area contributed by atoms with Crippen LogP contribution in [0.15, 0.2) is 24.3 Å². The Morgan fingerprint density at radius 1 is 1.22 bits per heavy atom. The van der Waals surface area contributed by atoms with E-state index in [4.69, 9.17) is 15.6 Å². The highest BCUT2D eigenvalue weighted by Crippen LogP contribution is 2.17. The lowest BCUT2D eigenvalue weighted by atomic mass is 10.1. The molecule has 0 aromatic heterocycles. The molecule has 0 radical (unpaired) electrons. The van der Waals surface area contributed by atoms with Crippen LogP contribution in [-0.2, 0) is 9.53 Å². The molecule has 0 heterocycles. The van der Waals surface area contributed by atoms with Gasteiger partial charge >= 0.3 is 11.9 Å². The van der Waals surface area contributed by atoms with Gasteiger partial charge in [0.05, 0.1) is 5.56 Å². The van der Waals surface area contributed by atoms with Crippen LogP contribution < -0.4 is 5.73 Å². The number of rotatable bonds is 3. The van der Waals surface area contributed by atoms with Crippen molar-refractivity contribution in [3.8, 4) is 0 Å². The predicted octanol–water partition coefficient (Wildman–Crippen LogP) is 1.73. The first kappa shape index (κ1) is 14.2. The summed E-state index contributed by atoms with van der Waals surface area (Å²) in [7, 11) is 0. The zero-order valence-corrected chi connectivity index (χ0v) is 10.6. The zero-order valence-electron chi connectivity index (χ0n) is 10.6. The number of carboxylic acids is 1. The van der Waals surface area contributed by atoms with Gasteiger partial charge in [-0.2, -0.15) is 0 Å². The van der Waals surface area contributed by atoms with E-state index in [-0.39, 0.29) is 5.56 Å². The van der Waals surface area contributed by atoms with Gasteiger partial charge in [0.15, 0.2) is 0 Å². The number of aromatic carboxylic acids is 1. The molecular weight excluding hydrogens is 234 g/mol.